The van der Waals surface area contributed by atoms with E-state index in [1.165, 1.54) is 6.33 Å². The van der Waals surface area contributed by atoms with Crippen LogP contribution in [0.15, 0.2) is 18.6 Å². The Labute approximate surface area is 78.3 Å². The number of hydrogen-bond acceptors (Lipinski definition) is 4. The normalized spacial score (nSPS) is 10.7. The summed E-state index contributed by atoms with van der Waals surface area (Å²) in [6.45, 7) is 5.54. The summed E-state index contributed by atoms with van der Waals surface area (Å²) in [6, 6.07) is 1.85. The second kappa shape index (κ2) is 5.61. The smallest absolute Gasteiger partial charge is 0.115 e. The van der Waals surface area contributed by atoms with Crippen LogP contribution in [0.4, 0.5) is 0 Å². The summed E-state index contributed by atoms with van der Waals surface area (Å²) >= 11 is 0. The highest BCUT2D eigenvalue weighted by Gasteiger charge is 1.94. The Kier molecular flexibility index (Phi) is 4.35. The van der Waals surface area contributed by atoms with E-state index in [2.05, 4.69) is 29.3 Å². The van der Waals surface area contributed by atoms with Crippen molar-refractivity contribution >= 4 is 0 Å². The Morgan fingerprint density at radius 2 is 2.38 bits per heavy atom. The minimum Gasteiger partial charge on any atom is -0.301 e. The highest BCUT2D eigenvalue weighted by molar-refractivity contribution is 4.96. The molecule has 0 radical (unpaired) electrons. The van der Waals surface area contributed by atoms with Gasteiger partial charge in [-0.2, -0.15) is 5.48 Å². The molecule has 1 rings (SSSR count). The van der Waals surface area contributed by atoms with Gasteiger partial charge in [-0.15, -0.1) is 0 Å². The number of hydrogen-bond donors (Lipinski definition) is 1. The molecule has 0 spiro atoms. The predicted molar refractivity (Wildman–Crippen MR) is 49.7 cm³/mol. The summed E-state index contributed by atoms with van der Waals surface area (Å²) in [5.41, 5.74) is 3.77. The number of nitrogens with one attached hydrogen (secondary N) is 1. The number of hydroxylamine groups is 1. The SMILES string of the molecule is CC(C)CONCc1ccncn1. The van der Waals surface area contributed by atoms with Gasteiger partial charge >= 0.3 is 0 Å². The molecule has 0 aliphatic heterocycles. The van der Waals surface area contributed by atoms with Crippen molar-refractivity contribution in [3.8, 4) is 0 Å². The molecule has 0 aliphatic carbocycles. The molecule has 0 unspecified atom stereocenters. The quantitative estimate of drug-likeness (QED) is 0.547. The van der Waals surface area contributed by atoms with Crippen molar-refractivity contribution in [3.05, 3.63) is 24.3 Å². The highest BCUT2D eigenvalue weighted by atomic mass is 16.6. The van der Waals surface area contributed by atoms with Gasteiger partial charge in [-0.3, -0.25) is 0 Å². The van der Waals surface area contributed by atoms with Crippen LogP contribution in [0.1, 0.15) is 19.5 Å². The second-order valence-electron chi connectivity index (χ2n) is 3.23. The van der Waals surface area contributed by atoms with Crippen molar-refractivity contribution < 1.29 is 4.84 Å². The third kappa shape index (κ3) is 4.55. The van der Waals surface area contributed by atoms with Crippen LogP contribution in [-0.2, 0) is 11.4 Å². The van der Waals surface area contributed by atoms with Gasteiger partial charge in [0.2, 0.25) is 0 Å². The fourth-order valence-electron chi connectivity index (χ4n) is 0.773. The predicted octanol–water partition coefficient (Wildman–Crippen LogP) is 1.15. The van der Waals surface area contributed by atoms with Gasteiger partial charge in [0.05, 0.1) is 18.8 Å². The molecular weight excluding hydrogens is 166 g/mol. The van der Waals surface area contributed by atoms with Gasteiger partial charge in [0.15, 0.2) is 0 Å². The molecular formula is C9H15N3O. The Balaban J connectivity index is 2.13. The molecule has 1 aromatic heterocycles. The molecule has 0 bridgehead atoms. The van der Waals surface area contributed by atoms with Crippen LogP contribution in [0.5, 0.6) is 0 Å². The molecule has 4 heteroatoms. The standard InChI is InChI=1S/C9H15N3O/c1-8(2)6-13-12-5-9-3-4-10-7-11-9/h3-4,7-8,12H,5-6H2,1-2H3. The second-order valence-corrected chi connectivity index (χ2v) is 3.23. The van der Waals surface area contributed by atoms with E-state index in [-0.39, 0.29) is 0 Å². The van der Waals surface area contributed by atoms with E-state index in [4.69, 9.17) is 4.84 Å². The van der Waals surface area contributed by atoms with Crippen LogP contribution in [0.3, 0.4) is 0 Å². The molecule has 1 aromatic rings. The van der Waals surface area contributed by atoms with Crippen LogP contribution < -0.4 is 5.48 Å². The fraction of sp³-hybridized carbons (Fsp3) is 0.556. The molecule has 0 atom stereocenters. The largest absolute Gasteiger partial charge is 0.301 e. The molecule has 0 saturated heterocycles. The zero-order valence-corrected chi connectivity index (χ0v) is 8.03. The average molecular weight is 181 g/mol. The average Bonchev–Trinajstić information content (AvgIpc) is 2.14. The van der Waals surface area contributed by atoms with Crippen LogP contribution >= 0.6 is 0 Å². The van der Waals surface area contributed by atoms with Crippen molar-refractivity contribution in [2.24, 2.45) is 5.92 Å². The van der Waals surface area contributed by atoms with Crippen molar-refractivity contribution in [3.63, 3.8) is 0 Å². The lowest BCUT2D eigenvalue weighted by Gasteiger charge is -2.06. The maximum atomic E-state index is 5.19. The Morgan fingerprint density at radius 3 is 3.00 bits per heavy atom. The van der Waals surface area contributed by atoms with Gasteiger partial charge in [0.1, 0.15) is 6.33 Å². The maximum Gasteiger partial charge on any atom is 0.115 e. The Morgan fingerprint density at radius 1 is 1.54 bits per heavy atom. The van der Waals surface area contributed by atoms with Crippen LogP contribution in [0.2, 0.25) is 0 Å². The van der Waals surface area contributed by atoms with Crippen molar-refractivity contribution in [1.29, 1.82) is 0 Å². The van der Waals surface area contributed by atoms with Gasteiger partial charge in [0, 0.05) is 6.20 Å². The van der Waals surface area contributed by atoms with Gasteiger partial charge in [-0.1, -0.05) is 13.8 Å². The van der Waals surface area contributed by atoms with E-state index in [1.54, 1.807) is 6.20 Å². The summed E-state index contributed by atoms with van der Waals surface area (Å²) in [5.74, 6) is 0.540. The zero-order chi connectivity index (χ0) is 9.52. The van der Waals surface area contributed by atoms with E-state index in [0.717, 1.165) is 5.69 Å². The molecule has 13 heavy (non-hydrogen) atoms. The molecule has 1 N–H and O–H groups in total. The molecule has 0 fully saturated rings. The van der Waals surface area contributed by atoms with E-state index in [1.807, 2.05) is 6.07 Å². The maximum absolute atomic E-state index is 5.19. The number of aromatic nitrogens is 2. The molecule has 0 aromatic carbocycles. The van der Waals surface area contributed by atoms with Gasteiger partial charge in [-0.25, -0.2) is 9.97 Å². The minimum absolute atomic E-state index is 0.540. The first-order valence-corrected chi connectivity index (χ1v) is 4.38. The van der Waals surface area contributed by atoms with Gasteiger partial charge in [0.25, 0.3) is 0 Å². The minimum atomic E-state index is 0.540. The van der Waals surface area contributed by atoms with E-state index < -0.39 is 0 Å². The van der Waals surface area contributed by atoms with E-state index >= 15 is 0 Å². The van der Waals surface area contributed by atoms with Gasteiger partial charge < -0.3 is 4.84 Å². The topological polar surface area (TPSA) is 47.0 Å². The lowest BCUT2D eigenvalue weighted by Crippen LogP contribution is -2.17. The fourth-order valence-corrected chi connectivity index (χ4v) is 0.773. The monoisotopic (exact) mass is 181 g/mol. The first kappa shape index (κ1) is 10.1. The molecule has 1 heterocycles. The lowest BCUT2D eigenvalue weighted by atomic mass is 10.2. The first-order chi connectivity index (χ1) is 6.29. The highest BCUT2D eigenvalue weighted by Crippen LogP contribution is 1.92. The Hall–Kier alpha value is -1.00. The number of nitrogens with zero attached hydrogens (tertiary/aromatic N) is 2. The molecule has 72 valence electrons. The first-order valence-electron chi connectivity index (χ1n) is 4.38. The third-order valence-electron chi connectivity index (χ3n) is 1.42. The van der Waals surface area contributed by atoms with Crippen LogP contribution in [-0.4, -0.2) is 16.6 Å². The molecule has 4 nitrogen and oxygen atoms in total. The van der Waals surface area contributed by atoms with Crippen LogP contribution in [0, 0.1) is 5.92 Å². The summed E-state index contributed by atoms with van der Waals surface area (Å²) < 4.78 is 0. The van der Waals surface area contributed by atoms with Crippen molar-refractivity contribution in [1.82, 2.24) is 15.4 Å². The number of rotatable bonds is 5. The summed E-state index contributed by atoms with van der Waals surface area (Å²) in [6.07, 6.45) is 3.24. The van der Waals surface area contributed by atoms with Crippen molar-refractivity contribution in [2.75, 3.05) is 6.61 Å². The Bertz CT molecular complexity index is 226. The summed E-state index contributed by atoms with van der Waals surface area (Å²) in [4.78, 5) is 13.1. The van der Waals surface area contributed by atoms with Crippen molar-refractivity contribution in [2.45, 2.75) is 20.4 Å². The van der Waals surface area contributed by atoms with Gasteiger partial charge in [-0.05, 0) is 12.0 Å². The lowest BCUT2D eigenvalue weighted by molar-refractivity contribution is 0.0190. The van der Waals surface area contributed by atoms with Crippen LogP contribution in [0.25, 0.3) is 0 Å². The molecule has 0 amide bonds. The van der Waals surface area contributed by atoms with E-state index in [9.17, 15) is 0 Å². The summed E-state index contributed by atoms with van der Waals surface area (Å²) in [7, 11) is 0. The summed E-state index contributed by atoms with van der Waals surface area (Å²) in [5, 5.41) is 0. The zero-order valence-electron chi connectivity index (χ0n) is 8.03. The van der Waals surface area contributed by atoms with E-state index in [0.29, 0.717) is 19.1 Å². The molecule has 0 saturated carbocycles. The molecule has 0 aliphatic rings. The third-order valence-corrected chi connectivity index (χ3v) is 1.42.